The van der Waals surface area contributed by atoms with Crippen molar-refractivity contribution >= 4 is 17.2 Å². The van der Waals surface area contributed by atoms with Gasteiger partial charge >= 0.3 is 0 Å². The summed E-state index contributed by atoms with van der Waals surface area (Å²) >= 11 is 1.50. The maximum absolute atomic E-state index is 12.2. The molecule has 0 spiro atoms. The van der Waals surface area contributed by atoms with Gasteiger partial charge in [-0.15, -0.1) is 0 Å². The Bertz CT molecular complexity index is 814. The van der Waals surface area contributed by atoms with Crippen LogP contribution in [0.15, 0.2) is 47.2 Å². The topological polar surface area (TPSA) is 87.2 Å². The Morgan fingerprint density at radius 1 is 1.42 bits per heavy atom. The van der Waals surface area contributed by atoms with Crippen LogP contribution in [0.1, 0.15) is 22.2 Å². The minimum atomic E-state index is -0.725. The van der Waals surface area contributed by atoms with Crippen LogP contribution in [0.3, 0.4) is 0 Å². The molecule has 3 aromatic rings. The third kappa shape index (κ3) is 3.47. The van der Waals surface area contributed by atoms with Gasteiger partial charge in [0.2, 0.25) is 0 Å². The lowest BCUT2D eigenvalue weighted by molar-refractivity contribution is 0.0911. The molecule has 0 aliphatic heterocycles. The molecular weight excluding hydrogens is 326 g/mol. The van der Waals surface area contributed by atoms with E-state index in [1.54, 1.807) is 13.2 Å². The van der Waals surface area contributed by atoms with Crippen molar-refractivity contribution in [3.05, 3.63) is 58.4 Å². The first-order valence-electron chi connectivity index (χ1n) is 7.36. The smallest absolute Gasteiger partial charge is 0.269 e. The summed E-state index contributed by atoms with van der Waals surface area (Å²) in [7, 11) is 1.59. The number of aliphatic hydroxyl groups excluding tert-OH is 1. The van der Waals surface area contributed by atoms with Crippen molar-refractivity contribution in [1.29, 1.82) is 0 Å². The maximum atomic E-state index is 12.2. The van der Waals surface area contributed by atoms with E-state index in [1.165, 1.54) is 11.3 Å². The zero-order valence-electron chi connectivity index (χ0n) is 13.0. The number of H-pyrrole nitrogens is 1. The Morgan fingerprint density at radius 2 is 2.25 bits per heavy atom. The number of aliphatic hydroxyl groups is 1. The summed E-state index contributed by atoms with van der Waals surface area (Å²) in [6, 6.07) is 10.9. The third-order valence-corrected chi connectivity index (χ3v) is 4.29. The Balaban J connectivity index is 1.68. The van der Waals surface area contributed by atoms with Crippen molar-refractivity contribution in [3.8, 4) is 17.0 Å². The van der Waals surface area contributed by atoms with Crippen LogP contribution in [0.4, 0.5) is 0 Å². The number of para-hydroxylation sites is 1. The Morgan fingerprint density at radius 3 is 3.00 bits per heavy atom. The van der Waals surface area contributed by atoms with Crippen molar-refractivity contribution < 1.29 is 14.6 Å². The molecule has 1 unspecified atom stereocenters. The van der Waals surface area contributed by atoms with E-state index < -0.39 is 6.10 Å². The van der Waals surface area contributed by atoms with Gasteiger partial charge < -0.3 is 15.2 Å². The molecular formula is C17H17N3O3S. The summed E-state index contributed by atoms with van der Waals surface area (Å²) in [5.74, 6) is 0.363. The number of thiophene rings is 1. The number of benzene rings is 1. The molecule has 0 aliphatic rings. The molecule has 0 aliphatic carbocycles. The minimum Gasteiger partial charge on any atom is -0.496 e. The van der Waals surface area contributed by atoms with Gasteiger partial charge in [0, 0.05) is 12.1 Å². The third-order valence-electron chi connectivity index (χ3n) is 3.59. The Hall–Kier alpha value is -2.64. The normalized spacial score (nSPS) is 11.9. The van der Waals surface area contributed by atoms with E-state index in [0.29, 0.717) is 17.1 Å². The highest BCUT2D eigenvalue weighted by molar-refractivity contribution is 7.07. The van der Waals surface area contributed by atoms with Crippen LogP contribution in [0.5, 0.6) is 5.75 Å². The number of nitrogens with one attached hydrogen (secondary N) is 2. The molecule has 1 amide bonds. The number of ether oxygens (including phenoxy) is 1. The van der Waals surface area contributed by atoms with Crippen molar-refractivity contribution in [2.24, 2.45) is 0 Å². The van der Waals surface area contributed by atoms with Crippen LogP contribution >= 0.6 is 11.3 Å². The summed E-state index contributed by atoms with van der Waals surface area (Å²) in [6.07, 6.45) is -0.725. The van der Waals surface area contributed by atoms with E-state index in [9.17, 15) is 9.90 Å². The average Bonchev–Trinajstić information content (AvgIpc) is 3.30. The standard InChI is InChI=1S/C17H17N3O3S/c1-23-16-5-3-2-4-12(16)13-8-14(20-19-13)17(22)18-9-15(21)11-6-7-24-10-11/h2-8,10,15,21H,9H2,1H3,(H,18,22)(H,19,20). The van der Waals surface area contributed by atoms with Crippen molar-refractivity contribution in [2.45, 2.75) is 6.10 Å². The first-order valence-corrected chi connectivity index (χ1v) is 8.30. The molecule has 6 nitrogen and oxygen atoms in total. The second-order valence-corrected chi connectivity index (χ2v) is 5.93. The highest BCUT2D eigenvalue weighted by atomic mass is 32.1. The quantitative estimate of drug-likeness (QED) is 0.642. The van der Waals surface area contributed by atoms with Crippen LogP contribution in [0.25, 0.3) is 11.3 Å². The van der Waals surface area contributed by atoms with Gasteiger partial charge in [-0.1, -0.05) is 12.1 Å². The number of aromatic amines is 1. The number of methoxy groups -OCH3 is 1. The van der Waals surface area contributed by atoms with E-state index in [1.807, 2.05) is 41.1 Å². The van der Waals surface area contributed by atoms with Gasteiger partial charge in [0.25, 0.3) is 5.91 Å². The van der Waals surface area contributed by atoms with Gasteiger partial charge in [-0.3, -0.25) is 9.89 Å². The Kier molecular flexibility index (Phi) is 4.93. The van der Waals surface area contributed by atoms with Crippen molar-refractivity contribution in [2.75, 3.05) is 13.7 Å². The molecule has 3 N–H and O–H groups in total. The van der Waals surface area contributed by atoms with Gasteiger partial charge in [-0.25, -0.2) is 0 Å². The first-order chi connectivity index (χ1) is 11.7. The second-order valence-electron chi connectivity index (χ2n) is 5.15. The molecule has 0 fully saturated rings. The van der Waals surface area contributed by atoms with Crippen LogP contribution in [0, 0.1) is 0 Å². The number of carbonyl (C=O) groups excluding carboxylic acids is 1. The Labute approximate surface area is 143 Å². The number of aromatic nitrogens is 2. The van der Waals surface area contributed by atoms with E-state index in [0.717, 1.165) is 11.1 Å². The number of hydrogen-bond donors (Lipinski definition) is 3. The number of rotatable bonds is 6. The van der Waals surface area contributed by atoms with Crippen molar-refractivity contribution in [3.63, 3.8) is 0 Å². The van der Waals surface area contributed by atoms with Gasteiger partial charge in [0.15, 0.2) is 0 Å². The molecule has 0 radical (unpaired) electrons. The van der Waals surface area contributed by atoms with Gasteiger partial charge in [0.1, 0.15) is 11.4 Å². The van der Waals surface area contributed by atoms with E-state index in [4.69, 9.17) is 4.74 Å². The van der Waals surface area contributed by atoms with E-state index in [-0.39, 0.29) is 12.5 Å². The molecule has 0 saturated heterocycles. The lowest BCUT2D eigenvalue weighted by Crippen LogP contribution is -2.28. The summed E-state index contributed by atoms with van der Waals surface area (Å²) < 4.78 is 5.30. The van der Waals surface area contributed by atoms with Crippen molar-refractivity contribution in [1.82, 2.24) is 15.5 Å². The van der Waals surface area contributed by atoms with Crippen LogP contribution in [-0.2, 0) is 0 Å². The van der Waals surface area contributed by atoms with E-state index in [2.05, 4.69) is 15.5 Å². The molecule has 3 rings (SSSR count). The maximum Gasteiger partial charge on any atom is 0.269 e. The molecule has 0 saturated carbocycles. The highest BCUT2D eigenvalue weighted by Crippen LogP contribution is 2.28. The fourth-order valence-electron chi connectivity index (χ4n) is 2.30. The molecule has 2 aromatic heterocycles. The molecule has 1 aromatic carbocycles. The van der Waals surface area contributed by atoms with Crippen LogP contribution < -0.4 is 10.1 Å². The summed E-state index contributed by atoms with van der Waals surface area (Å²) in [5.41, 5.74) is 2.54. The van der Waals surface area contributed by atoms with Gasteiger partial charge in [-0.05, 0) is 40.6 Å². The SMILES string of the molecule is COc1ccccc1-c1cc(C(=O)NCC(O)c2ccsc2)[nH]n1. The average molecular weight is 343 g/mol. The highest BCUT2D eigenvalue weighted by Gasteiger charge is 2.15. The molecule has 1 atom stereocenters. The summed E-state index contributed by atoms with van der Waals surface area (Å²) in [4.78, 5) is 12.2. The van der Waals surface area contributed by atoms with Crippen LogP contribution in [0.2, 0.25) is 0 Å². The fraction of sp³-hybridized carbons (Fsp3) is 0.176. The predicted molar refractivity (Wildman–Crippen MR) is 92.2 cm³/mol. The second kappa shape index (κ2) is 7.29. The molecule has 124 valence electrons. The zero-order valence-corrected chi connectivity index (χ0v) is 13.8. The molecule has 24 heavy (non-hydrogen) atoms. The number of nitrogens with zero attached hydrogens (tertiary/aromatic N) is 1. The van der Waals surface area contributed by atoms with E-state index >= 15 is 0 Å². The summed E-state index contributed by atoms with van der Waals surface area (Å²) in [5, 5.41) is 23.3. The van der Waals surface area contributed by atoms with Gasteiger partial charge in [0.05, 0.1) is 18.9 Å². The first kappa shape index (κ1) is 16.2. The molecule has 7 heteroatoms. The number of carbonyl (C=O) groups is 1. The number of hydrogen-bond acceptors (Lipinski definition) is 5. The number of amides is 1. The predicted octanol–water partition coefficient (Wildman–Crippen LogP) is 2.61. The zero-order chi connectivity index (χ0) is 16.9. The lowest BCUT2D eigenvalue weighted by atomic mass is 10.1. The fourth-order valence-corrected chi connectivity index (χ4v) is 3.01. The largest absolute Gasteiger partial charge is 0.496 e. The minimum absolute atomic E-state index is 0.137. The molecule has 0 bridgehead atoms. The lowest BCUT2D eigenvalue weighted by Gasteiger charge is -2.09. The molecule has 2 heterocycles. The van der Waals surface area contributed by atoms with Crippen LogP contribution in [-0.4, -0.2) is 34.9 Å². The summed E-state index contributed by atoms with van der Waals surface area (Å²) in [6.45, 7) is 0.137. The monoisotopic (exact) mass is 343 g/mol. The van der Waals surface area contributed by atoms with Gasteiger partial charge in [-0.2, -0.15) is 16.4 Å².